The molecule has 6 heteroatoms. The molecule has 3 N–H and O–H groups in total. The number of aliphatic hydroxyl groups excluding tert-OH is 2. The van der Waals surface area contributed by atoms with E-state index in [0.29, 0.717) is 19.3 Å². The number of allylic oxidation sites excluding steroid dienone is 8. The minimum Gasteiger partial charge on any atom is -0.462 e. The Labute approximate surface area is 385 Å². The number of hydrogen-bond acceptors (Lipinski definition) is 5. The minimum absolute atomic E-state index is 0.0426. The number of unbranched alkanes of at least 4 members (excludes halogenated alkanes) is 28. The molecule has 0 saturated heterocycles. The van der Waals surface area contributed by atoms with Crippen LogP contribution in [0.25, 0.3) is 0 Å². The molecule has 0 saturated carbocycles. The van der Waals surface area contributed by atoms with Crippen LogP contribution in [-0.4, -0.2) is 46.9 Å². The number of amides is 1. The first-order chi connectivity index (χ1) is 30.5. The highest BCUT2D eigenvalue weighted by atomic mass is 16.5. The third-order valence-corrected chi connectivity index (χ3v) is 12.2. The topological polar surface area (TPSA) is 95.9 Å². The molecule has 362 valence electrons. The van der Waals surface area contributed by atoms with Gasteiger partial charge in [0.05, 0.1) is 25.2 Å². The number of rotatable bonds is 48. The molecule has 3 unspecified atom stereocenters. The summed E-state index contributed by atoms with van der Waals surface area (Å²) in [7, 11) is 0. The number of esters is 1. The van der Waals surface area contributed by atoms with Crippen molar-refractivity contribution in [2.45, 2.75) is 289 Å². The first kappa shape index (κ1) is 59.8. The van der Waals surface area contributed by atoms with Gasteiger partial charge in [-0.25, -0.2) is 0 Å². The number of carbonyl (C=O) groups excluding carboxylic acids is 2. The van der Waals surface area contributed by atoms with Crippen molar-refractivity contribution in [2.75, 3.05) is 6.61 Å². The molecule has 6 nitrogen and oxygen atoms in total. The number of hydrogen-bond donors (Lipinski definition) is 3. The normalized spacial score (nSPS) is 13.6. The fraction of sp³-hybridized carbons (Fsp3) is 0.821. The maximum absolute atomic E-state index is 13.2. The molecular formula is C56H103NO5. The summed E-state index contributed by atoms with van der Waals surface area (Å²) in [5, 5.41) is 23.8. The number of nitrogens with one attached hydrogen (secondary N) is 1. The van der Waals surface area contributed by atoms with Gasteiger partial charge >= 0.3 is 5.97 Å². The van der Waals surface area contributed by atoms with E-state index in [2.05, 4.69) is 74.7 Å². The van der Waals surface area contributed by atoms with Crippen LogP contribution in [0.2, 0.25) is 0 Å². The second-order valence-electron chi connectivity index (χ2n) is 18.3. The van der Waals surface area contributed by atoms with E-state index in [1.54, 1.807) is 0 Å². The van der Waals surface area contributed by atoms with E-state index in [-0.39, 0.29) is 24.9 Å². The van der Waals surface area contributed by atoms with Gasteiger partial charge in [-0.2, -0.15) is 0 Å². The smallest absolute Gasteiger partial charge is 0.306 e. The summed E-state index contributed by atoms with van der Waals surface area (Å²) in [5.74, 6) is -0.519. The van der Waals surface area contributed by atoms with Crippen LogP contribution in [0.5, 0.6) is 0 Å². The molecule has 0 spiro atoms. The molecule has 62 heavy (non-hydrogen) atoms. The third-order valence-electron chi connectivity index (χ3n) is 12.2. The molecule has 3 atom stereocenters. The third kappa shape index (κ3) is 44.4. The van der Waals surface area contributed by atoms with Crippen LogP contribution >= 0.6 is 0 Å². The molecule has 0 heterocycles. The van der Waals surface area contributed by atoms with Crippen LogP contribution in [0.1, 0.15) is 271 Å². The van der Waals surface area contributed by atoms with E-state index in [1.807, 2.05) is 0 Å². The molecule has 1 amide bonds. The van der Waals surface area contributed by atoms with Crippen molar-refractivity contribution in [1.29, 1.82) is 0 Å². The van der Waals surface area contributed by atoms with Crippen molar-refractivity contribution < 1.29 is 24.5 Å². The zero-order chi connectivity index (χ0) is 45.2. The number of ether oxygens (including phenoxy) is 1. The maximum atomic E-state index is 13.2. The van der Waals surface area contributed by atoms with Gasteiger partial charge in [0.1, 0.15) is 6.10 Å². The molecule has 0 bridgehead atoms. The van der Waals surface area contributed by atoms with Crippen LogP contribution in [0.15, 0.2) is 48.6 Å². The Morgan fingerprint density at radius 2 is 0.839 bits per heavy atom. The summed E-state index contributed by atoms with van der Waals surface area (Å²) in [6.07, 6.45) is 60.3. The van der Waals surface area contributed by atoms with Gasteiger partial charge in [-0.1, -0.05) is 243 Å². The molecular weight excluding hydrogens is 767 g/mol. The summed E-state index contributed by atoms with van der Waals surface area (Å²) in [6.45, 7) is 6.45. The monoisotopic (exact) mass is 870 g/mol. The highest BCUT2D eigenvalue weighted by Crippen LogP contribution is 2.17. The van der Waals surface area contributed by atoms with E-state index in [0.717, 1.165) is 70.6 Å². The first-order valence-corrected chi connectivity index (χ1v) is 26.9. The predicted octanol–water partition coefficient (Wildman–Crippen LogP) is 16.2. The molecule has 0 aliphatic heterocycles. The number of carbonyl (C=O) groups is 2. The van der Waals surface area contributed by atoms with E-state index >= 15 is 0 Å². The van der Waals surface area contributed by atoms with Crippen LogP contribution in [0.3, 0.4) is 0 Å². The van der Waals surface area contributed by atoms with Gasteiger partial charge in [0.2, 0.25) is 5.91 Å². The van der Waals surface area contributed by atoms with Crippen LogP contribution in [0.4, 0.5) is 0 Å². The lowest BCUT2D eigenvalue weighted by atomic mass is 10.0. The summed E-state index contributed by atoms with van der Waals surface area (Å²) in [6, 6.07) is -0.717. The molecule has 0 rings (SSSR count). The van der Waals surface area contributed by atoms with Crippen LogP contribution in [0, 0.1) is 0 Å². The standard InChI is InChI=1S/C56H103NO5/c1-4-7-10-13-16-19-22-25-27-28-29-30-32-35-38-41-44-47-52(62-56(61)49-46-43-40-37-34-31-26-23-20-17-14-11-8-5-2)50-55(60)57-53(51-58)54(59)48-45-42-39-36-33-24-21-18-15-12-9-6-3/h16,19,25,27,29-30,35,38,52-54,58-59H,4-15,17-18,20-24,26,28,31-34,36-37,39-51H2,1-3H3,(H,57,60)/b19-16-,27-25-,30-29-,38-35-. The second-order valence-corrected chi connectivity index (χ2v) is 18.3. The van der Waals surface area contributed by atoms with Crippen molar-refractivity contribution in [1.82, 2.24) is 5.32 Å². The SMILES string of the molecule is CCCCC/C=C\C/C=C\C/C=C\C/C=C\CCCC(CC(=O)NC(CO)C(O)CCCCCCCCCCCCCC)OC(=O)CCCCCCCCCCCCCCCC. The van der Waals surface area contributed by atoms with Gasteiger partial charge < -0.3 is 20.3 Å². The lowest BCUT2D eigenvalue weighted by Gasteiger charge is -2.24. The zero-order valence-corrected chi connectivity index (χ0v) is 41.3. The van der Waals surface area contributed by atoms with Crippen molar-refractivity contribution in [3.05, 3.63) is 48.6 Å². The lowest BCUT2D eigenvalue weighted by molar-refractivity contribution is -0.151. The average Bonchev–Trinajstić information content (AvgIpc) is 3.26. The highest BCUT2D eigenvalue weighted by molar-refractivity contribution is 5.77. The fourth-order valence-electron chi connectivity index (χ4n) is 8.07. The quantitative estimate of drug-likeness (QED) is 0.0322. The highest BCUT2D eigenvalue weighted by Gasteiger charge is 2.24. The zero-order valence-electron chi connectivity index (χ0n) is 41.3. The van der Waals surface area contributed by atoms with Crippen LogP contribution in [-0.2, 0) is 14.3 Å². The molecule has 0 aromatic carbocycles. The van der Waals surface area contributed by atoms with Crippen molar-refractivity contribution in [3.8, 4) is 0 Å². The summed E-state index contributed by atoms with van der Waals surface area (Å²) in [5.41, 5.74) is 0. The summed E-state index contributed by atoms with van der Waals surface area (Å²) in [4.78, 5) is 26.2. The number of aliphatic hydroxyl groups is 2. The minimum atomic E-state index is -0.800. The summed E-state index contributed by atoms with van der Waals surface area (Å²) >= 11 is 0. The Kier molecular flexibility index (Phi) is 48.1. The first-order valence-electron chi connectivity index (χ1n) is 26.9. The molecule has 0 aromatic heterocycles. The lowest BCUT2D eigenvalue weighted by Crippen LogP contribution is -2.46. The van der Waals surface area contributed by atoms with Crippen molar-refractivity contribution >= 4 is 11.9 Å². The van der Waals surface area contributed by atoms with Crippen molar-refractivity contribution in [2.24, 2.45) is 0 Å². The molecule has 0 fully saturated rings. The van der Waals surface area contributed by atoms with Crippen molar-refractivity contribution in [3.63, 3.8) is 0 Å². The van der Waals surface area contributed by atoms with E-state index in [1.165, 1.54) is 154 Å². The van der Waals surface area contributed by atoms with Crippen LogP contribution < -0.4 is 5.32 Å². The Balaban J connectivity index is 4.67. The van der Waals surface area contributed by atoms with Gasteiger partial charge in [-0.05, 0) is 64.2 Å². The second kappa shape index (κ2) is 49.8. The fourth-order valence-corrected chi connectivity index (χ4v) is 8.07. The van der Waals surface area contributed by atoms with Gasteiger partial charge in [-0.3, -0.25) is 9.59 Å². The van der Waals surface area contributed by atoms with E-state index < -0.39 is 18.2 Å². The molecule has 0 aliphatic carbocycles. The van der Waals surface area contributed by atoms with Gasteiger partial charge in [-0.15, -0.1) is 0 Å². The molecule has 0 aromatic rings. The Morgan fingerprint density at radius 1 is 0.468 bits per heavy atom. The summed E-state index contributed by atoms with van der Waals surface area (Å²) < 4.78 is 5.92. The Hall–Kier alpha value is -2.18. The largest absolute Gasteiger partial charge is 0.462 e. The predicted molar refractivity (Wildman–Crippen MR) is 269 cm³/mol. The molecule has 0 aliphatic rings. The van der Waals surface area contributed by atoms with Gasteiger partial charge in [0, 0.05) is 6.42 Å². The Bertz CT molecular complexity index is 1070. The van der Waals surface area contributed by atoms with E-state index in [9.17, 15) is 19.8 Å². The van der Waals surface area contributed by atoms with Gasteiger partial charge in [0.25, 0.3) is 0 Å². The maximum Gasteiger partial charge on any atom is 0.306 e. The Morgan fingerprint density at radius 3 is 1.27 bits per heavy atom. The van der Waals surface area contributed by atoms with Gasteiger partial charge in [0.15, 0.2) is 0 Å². The van der Waals surface area contributed by atoms with E-state index in [4.69, 9.17) is 4.74 Å². The average molecular weight is 870 g/mol. The molecule has 0 radical (unpaired) electrons.